The second kappa shape index (κ2) is 5.63. The first kappa shape index (κ1) is 15.5. The van der Waals surface area contributed by atoms with Crippen LogP contribution in [-0.2, 0) is 4.74 Å². The summed E-state index contributed by atoms with van der Waals surface area (Å²) in [6.45, 7) is 1.02. The number of nitrogens with one attached hydrogen (secondary N) is 1. The van der Waals surface area contributed by atoms with Crippen LogP contribution in [0.3, 0.4) is 0 Å². The van der Waals surface area contributed by atoms with Crippen LogP contribution in [0.4, 0.5) is 0 Å². The number of aliphatic hydroxyl groups is 3. The second-order valence-corrected chi connectivity index (χ2v) is 4.21. The van der Waals surface area contributed by atoms with Crippen LogP contribution in [0.15, 0.2) is 15.8 Å². The summed E-state index contributed by atoms with van der Waals surface area (Å²) in [5.41, 5.74) is -1.00. The fraction of sp³-hybridized carbons (Fsp3) is 0.600. The average Bonchev–Trinajstić information content (AvgIpc) is 2.61. The molecule has 0 spiro atoms. The number of H-pyrrole nitrogens is 1. The Balaban J connectivity index is 0.00000180. The van der Waals surface area contributed by atoms with Crippen LogP contribution >= 0.6 is 0 Å². The standard InChI is InChI=1S/C10H14N2O6.H2O/c1-4-2-12(10(17)11-8(4)16)9-7(15)6(14)5(3-13)18-9;/h2,5-7,9,13-15H,3H2,1H3,(H,11,16,17);1H2/t5-,6-,7+,9-;/m0./s1. The maximum Gasteiger partial charge on any atom is 0.330 e. The fourth-order valence-corrected chi connectivity index (χ4v) is 1.88. The third-order valence-corrected chi connectivity index (χ3v) is 2.94. The zero-order chi connectivity index (χ0) is 13.4. The van der Waals surface area contributed by atoms with E-state index in [2.05, 4.69) is 4.98 Å². The van der Waals surface area contributed by atoms with Gasteiger partial charge in [-0.1, -0.05) is 0 Å². The van der Waals surface area contributed by atoms with Gasteiger partial charge in [-0.25, -0.2) is 4.79 Å². The monoisotopic (exact) mass is 276 g/mol. The molecule has 1 saturated heterocycles. The van der Waals surface area contributed by atoms with E-state index in [0.717, 1.165) is 4.57 Å². The van der Waals surface area contributed by atoms with E-state index in [1.54, 1.807) is 0 Å². The summed E-state index contributed by atoms with van der Waals surface area (Å²) in [5, 5.41) is 28.3. The summed E-state index contributed by atoms with van der Waals surface area (Å²) in [5.74, 6) is 0. The lowest BCUT2D eigenvalue weighted by Crippen LogP contribution is -2.38. The minimum atomic E-state index is -1.36. The van der Waals surface area contributed by atoms with Crippen LogP contribution in [0, 0.1) is 6.92 Å². The molecule has 4 atom stereocenters. The fourth-order valence-electron chi connectivity index (χ4n) is 1.88. The van der Waals surface area contributed by atoms with E-state index < -0.39 is 42.4 Å². The second-order valence-electron chi connectivity index (χ2n) is 4.21. The molecule has 1 aromatic heterocycles. The Morgan fingerprint density at radius 2 is 2.00 bits per heavy atom. The van der Waals surface area contributed by atoms with Gasteiger partial charge in [0.1, 0.15) is 18.3 Å². The van der Waals surface area contributed by atoms with Crippen LogP contribution in [-0.4, -0.2) is 55.3 Å². The van der Waals surface area contributed by atoms with Gasteiger partial charge in [-0.3, -0.25) is 14.3 Å². The molecular formula is C10H16N2O7. The molecule has 108 valence electrons. The van der Waals surface area contributed by atoms with Crippen molar-refractivity contribution in [3.05, 3.63) is 32.6 Å². The largest absolute Gasteiger partial charge is 0.412 e. The molecule has 0 unspecified atom stereocenters. The first-order valence-electron chi connectivity index (χ1n) is 5.40. The molecule has 2 rings (SSSR count). The lowest BCUT2D eigenvalue weighted by atomic mass is 10.1. The van der Waals surface area contributed by atoms with Gasteiger partial charge >= 0.3 is 5.69 Å². The molecule has 9 heteroatoms. The van der Waals surface area contributed by atoms with E-state index in [0.29, 0.717) is 0 Å². The van der Waals surface area contributed by atoms with Gasteiger partial charge in [-0.2, -0.15) is 0 Å². The predicted molar refractivity (Wildman–Crippen MR) is 62.7 cm³/mol. The topological polar surface area (TPSA) is 156 Å². The minimum Gasteiger partial charge on any atom is -0.412 e. The van der Waals surface area contributed by atoms with Gasteiger partial charge < -0.3 is 25.5 Å². The molecule has 0 amide bonds. The molecule has 1 fully saturated rings. The van der Waals surface area contributed by atoms with Crippen LogP contribution < -0.4 is 11.2 Å². The predicted octanol–water partition coefficient (Wildman–Crippen LogP) is -3.37. The molecule has 6 N–H and O–H groups in total. The Kier molecular flexibility index (Phi) is 4.61. The third kappa shape index (κ3) is 2.60. The minimum absolute atomic E-state index is 0. The highest BCUT2D eigenvalue weighted by atomic mass is 16.6. The van der Waals surface area contributed by atoms with Gasteiger partial charge in [-0.15, -0.1) is 0 Å². The molecular weight excluding hydrogens is 260 g/mol. The number of rotatable bonds is 2. The molecule has 1 aromatic rings. The Morgan fingerprint density at radius 1 is 1.37 bits per heavy atom. The van der Waals surface area contributed by atoms with Crippen molar-refractivity contribution in [2.75, 3.05) is 6.61 Å². The van der Waals surface area contributed by atoms with E-state index in [1.165, 1.54) is 13.1 Å². The molecule has 2 heterocycles. The van der Waals surface area contributed by atoms with Gasteiger partial charge in [0.2, 0.25) is 0 Å². The Labute approximate surface area is 107 Å². The highest BCUT2D eigenvalue weighted by molar-refractivity contribution is 5.03. The Morgan fingerprint density at radius 3 is 2.53 bits per heavy atom. The quantitative estimate of drug-likeness (QED) is 0.441. The van der Waals surface area contributed by atoms with Crippen molar-refractivity contribution in [1.29, 1.82) is 0 Å². The number of aryl methyl sites for hydroxylation is 1. The van der Waals surface area contributed by atoms with Crippen molar-refractivity contribution < 1.29 is 25.5 Å². The van der Waals surface area contributed by atoms with Gasteiger partial charge in [0.25, 0.3) is 5.56 Å². The molecule has 0 bridgehead atoms. The van der Waals surface area contributed by atoms with Crippen molar-refractivity contribution in [2.24, 2.45) is 0 Å². The smallest absolute Gasteiger partial charge is 0.330 e. The summed E-state index contributed by atoms with van der Waals surface area (Å²) >= 11 is 0. The summed E-state index contributed by atoms with van der Waals surface area (Å²) in [4.78, 5) is 24.9. The summed E-state index contributed by atoms with van der Waals surface area (Å²) in [7, 11) is 0. The third-order valence-electron chi connectivity index (χ3n) is 2.94. The van der Waals surface area contributed by atoms with E-state index in [1.807, 2.05) is 0 Å². The van der Waals surface area contributed by atoms with Crippen molar-refractivity contribution in [3.8, 4) is 0 Å². The normalized spacial score (nSPS) is 30.1. The van der Waals surface area contributed by atoms with Crippen LogP contribution in [0.2, 0.25) is 0 Å². The molecule has 1 aliphatic rings. The molecule has 0 saturated carbocycles. The van der Waals surface area contributed by atoms with E-state index in [4.69, 9.17) is 9.84 Å². The number of nitrogens with zero attached hydrogens (tertiary/aromatic N) is 1. The Bertz CT molecular complexity index is 552. The number of ether oxygens (including phenoxy) is 1. The number of aliphatic hydroxyl groups excluding tert-OH is 3. The lowest BCUT2D eigenvalue weighted by molar-refractivity contribution is -0.0551. The van der Waals surface area contributed by atoms with Gasteiger partial charge in [-0.05, 0) is 6.92 Å². The summed E-state index contributed by atoms with van der Waals surface area (Å²) < 4.78 is 6.17. The molecule has 9 nitrogen and oxygen atoms in total. The van der Waals surface area contributed by atoms with Gasteiger partial charge in [0.15, 0.2) is 6.23 Å². The van der Waals surface area contributed by atoms with E-state index >= 15 is 0 Å². The molecule has 0 aromatic carbocycles. The Hall–Kier alpha value is -1.52. The number of hydrogen-bond acceptors (Lipinski definition) is 6. The SMILES string of the molecule is Cc1cn([C@H]2O[C@@H](CO)[C@H](O)[C@H]2O)c(=O)[nH]c1=O.O. The molecule has 0 aliphatic carbocycles. The van der Waals surface area contributed by atoms with Gasteiger partial charge in [0.05, 0.1) is 6.61 Å². The first-order chi connectivity index (χ1) is 8.45. The molecule has 0 radical (unpaired) electrons. The first-order valence-corrected chi connectivity index (χ1v) is 5.40. The van der Waals surface area contributed by atoms with Gasteiger partial charge in [0, 0.05) is 11.8 Å². The zero-order valence-corrected chi connectivity index (χ0v) is 10.1. The number of aromatic nitrogens is 2. The number of hydrogen-bond donors (Lipinski definition) is 4. The molecule has 19 heavy (non-hydrogen) atoms. The summed E-state index contributed by atoms with van der Waals surface area (Å²) in [6.07, 6.45) is -3.52. The van der Waals surface area contributed by atoms with Crippen LogP contribution in [0.1, 0.15) is 11.8 Å². The van der Waals surface area contributed by atoms with Crippen molar-refractivity contribution in [1.82, 2.24) is 9.55 Å². The lowest BCUT2D eigenvalue weighted by Gasteiger charge is -2.17. The highest BCUT2D eigenvalue weighted by Gasteiger charge is 2.43. The average molecular weight is 276 g/mol. The van der Waals surface area contributed by atoms with Crippen LogP contribution in [0.25, 0.3) is 0 Å². The number of aromatic amines is 1. The van der Waals surface area contributed by atoms with Crippen LogP contribution in [0.5, 0.6) is 0 Å². The van der Waals surface area contributed by atoms with E-state index in [-0.39, 0.29) is 11.0 Å². The highest BCUT2D eigenvalue weighted by Crippen LogP contribution is 2.27. The van der Waals surface area contributed by atoms with E-state index in [9.17, 15) is 19.8 Å². The molecule has 1 aliphatic heterocycles. The summed E-state index contributed by atoms with van der Waals surface area (Å²) in [6, 6.07) is 0. The van der Waals surface area contributed by atoms with Crippen molar-refractivity contribution in [2.45, 2.75) is 31.5 Å². The van der Waals surface area contributed by atoms with Crippen molar-refractivity contribution >= 4 is 0 Å². The maximum atomic E-state index is 11.6. The van der Waals surface area contributed by atoms with Crippen molar-refractivity contribution in [3.63, 3.8) is 0 Å². The maximum absolute atomic E-state index is 11.6. The zero-order valence-electron chi connectivity index (χ0n) is 10.1.